The third-order valence-corrected chi connectivity index (χ3v) is 3.95. The van der Waals surface area contributed by atoms with Crippen LogP contribution in [0.15, 0.2) is 0 Å². The molecule has 0 amide bonds. The topological polar surface area (TPSA) is 30.5 Å². The summed E-state index contributed by atoms with van der Waals surface area (Å²) in [6, 6.07) is 0.572. The molecule has 4 unspecified atom stereocenters. The van der Waals surface area contributed by atoms with Crippen molar-refractivity contribution < 1.29 is 9.47 Å². The molecule has 1 aliphatic heterocycles. The van der Waals surface area contributed by atoms with Gasteiger partial charge in [-0.1, -0.05) is 20.8 Å². The van der Waals surface area contributed by atoms with Crippen LogP contribution in [0.2, 0.25) is 0 Å². The lowest BCUT2D eigenvalue weighted by molar-refractivity contribution is 0.0667. The summed E-state index contributed by atoms with van der Waals surface area (Å²) >= 11 is 0. The van der Waals surface area contributed by atoms with E-state index in [0.29, 0.717) is 24.0 Å². The van der Waals surface area contributed by atoms with Crippen molar-refractivity contribution in [2.45, 2.75) is 52.2 Å². The van der Waals surface area contributed by atoms with Gasteiger partial charge in [0.05, 0.1) is 6.10 Å². The summed E-state index contributed by atoms with van der Waals surface area (Å²) in [5.74, 6) is 1.32. The minimum absolute atomic E-state index is 0.448. The van der Waals surface area contributed by atoms with E-state index in [0.717, 1.165) is 32.6 Å². The van der Waals surface area contributed by atoms with Crippen LogP contribution in [-0.4, -0.2) is 39.0 Å². The van der Waals surface area contributed by atoms with Crippen molar-refractivity contribution in [1.82, 2.24) is 5.32 Å². The van der Waals surface area contributed by atoms with Crippen molar-refractivity contribution in [2.24, 2.45) is 11.8 Å². The van der Waals surface area contributed by atoms with Gasteiger partial charge in [-0.15, -0.1) is 0 Å². The Bertz CT molecular complexity index is 199. The largest absolute Gasteiger partial charge is 0.385 e. The van der Waals surface area contributed by atoms with Gasteiger partial charge in [0, 0.05) is 32.3 Å². The van der Waals surface area contributed by atoms with Gasteiger partial charge in [-0.25, -0.2) is 0 Å². The molecule has 0 aliphatic carbocycles. The Morgan fingerprint density at radius 1 is 1.41 bits per heavy atom. The van der Waals surface area contributed by atoms with Crippen LogP contribution < -0.4 is 5.32 Å². The Morgan fingerprint density at radius 2 is 2.18 bits per heavy atom. The van der Waals surface area contributed by atoms with Gasteiger partial charge in [-0.2, -0.15) is 0 Å². The molecule has 4 atom stereocenters. The van der Waals surface area contributed by atoms with Crippen molar-refractivity contribution in [2.75, 3.05) is 26.9 Å². The predicted octanol–water partition coefficient (Wildman–Crippen LogP) is 2.45. The predicted molar refractivity (Wildman–Crippen MR) is 71.3 cm³/mol. The molecular weight excluding hydrogens is 214 g/mol. The molecule has 0 aromatic rings. The van der Waals surface area contributed by atoms with E-state index in [1.807, 2.05) is 0 Å². The van der Waals surface area contributed by atoms with Gasteiger partial charge < -0.3 is 14.8 Å². The van der Waals surface area contributed by atoms with Crippen molar-refractivity contribution in [3.63, 3.8) is 0 Å². The van der Waals surface area contributed by atoms with Crippen LogP contribution in [0.4, 0.5) is 0 Å². The average molecular weight is 243 g/mol. The Kier molecular flexibility index (Phi) is 7.09. The average Bonchev–Trinajstić information content (AvgIpc) is 2.80. The lowest BCUT2D eigenvalue weighted by Crippen LogP contribution is -2.44. The highest BCUT2D eigenvalue weighted by atomic mass is 16.5. The summed E-state index contributed by atoms with van der Waals surface area (Å²) in [5, 5.41) is 3.66. The lowest BCUT2D eigenvalue weighted by Gasteiger charge is -2.32. The summed E-state index contributed by atoms with van der Waals surface area (Å²) in [7, 11) is 1.78. The van der Waals surface area contributed by atoms with Crippen molar-refractivity contribution in [1.29, 1.82) is 0 Å². The zero-order valence-corrected chi connectivity index (χ0v) is 11.9. The maximum atomic E-state index is 5.83. The van der Waals surface area contributed by atoms with Gasteiger partial charge in [-0.3, -0.25) is 0 Å². The Balaban J connectivity index is 2.56. The SMILES string of the molecule is CCNC(C(C)CCOC)C1CCOC1CC. The van der Waals surface area contributed by atoms with E-state index in [9.17, 15) is 0 Å². The highest BCUT2D eigenvalue weighted by molar-refractivity contribution is 4.88. The third kappa shape index (κ3) is 4.23. The second kappa shape index (κ2) is 8.06. The number of methoxy groups -OCH3 is 1. The standard InChI is InChI=1S/C14H29NO2/c1-5-13-12(8-10-17-13)14(15-6-2)11(3)7-9-16-4/h11-15H,5-10H2,1-4H3. The molecule has 0 aromatic heterocycles. The summed E-state index contributed by atoms with van der Waals surface area (Å²) < 4.78 is 11.0. The molecule has 102 valence electrons. The normalized spacial score (nSPS) is 28.2. The van der Waals surface area contributed by atoms with Gasteiger partial charge in [0.2, 0.25) is 0 Å². The summed E-state index contributed by atoms with van der Waals surface area (Å²) in [5.41, 5.74) is 0. The van der Waals surface area contributed by atoms with Crippen molar-refractivity contribution >= 4 is 0 Å². The minimum Gasteiger partial charge on any atom is -0.385 e. The Morgan fingerprint density at radius 3 is 2.76 bits per heavy atom. The Hall–Kier alpha value is -0.120. The second-order valence-corrected chi connectivity index (χ2v) is 5.11. The summed E-state index contributed by atoms with van der Waals surface area (Å²) in [4.78, 5) is 0. The van der Waals surface area contributed by atoms with E-state index in [1.54, 1.807) is 7.11 Å². The van der Waals surface area contributed by atoms with Gasteiger partial charge in [-0.05, 0) is 31.7 Å². The fraction of sp³-hybridized carbons (Fsp3) is 1.00. The van der Waals surface area contributed by atoms with Crippen LogP contribution in [0.5, 0.6) is 0 Å². The van der Waals surface area contributed by atoms with Crippen molar-refractivity contribution in [3.05, 3.63) is 0 Å². The third-order valence-electron chi connectivity index (χ3n) is 3.95. The molecule has 3 heteroatoms. The van der Waals surface area contributed by atoms with Gasteiger partial charge in [0.25, 0.3) is 0 Å². The summed E-state index contributed by atoms with van der Waals surface area (Å²) in [6.07, 6.45) is 3.90. The van der Waals surface area contributed by atoms with E-state index in [-0.39, 0.29) is 0 Å². The van der Waals surface area contributed by atoms with Gasteiger partial charge >= 0.3 is 0 Å². The first-order valence-corrected chi connectivity index (χ1v) is 7.08. The van der Waals surface area contributed by atoms with E-state index in [1.165, 1.54) is 6.42 Å². The molecule has 1 aliphatic rings. The monoisotopic (exact) mass is 243 g/mol. The zero-order chi connectivity index (χ0) is 12.7. The fourth-order valence-electron chi connectivity index (χ4n) is 2.99. The molecule has 0 spiro atoms. The van der Waals surface area contributed by atoms with E-state index in [4.69, 9.17) is 9.47 Å². The maximum absolute atomic E-state index is 5.83. The molecule has 0 saturated carbocycles. The molecular formula is C14H29NO2. The number of hydrogen-bond acceptors (Lipinski definition) is 3. The van der Waals surface area contributed by atoms with Gasteiger partial charge in [0.1, 0.15) is 0 Å². The zero-order valence-electron chi connectivity index (χ0n) is 11.9. The molecule has 0 radical (unpaired) electrons. The first kappa shape index (κ1) is 14.9. The van der Waals surface area contributed by atoms with Crippen LogP contribution in [0.25, 0.3) is 0 Å². The van der Waals surface area contributed by atoms with Gasteiger partial charge in [0.15, 0.2) is 0 Å². The van der Waals surface area contributed by atoms with Crippen LogP contribution in [0, 0.1) is 11.8 Å². The molecule has 1 fully saturated rings. The highest BCUT2D eigenvalue weighted by Gasteiger charge is 2.35. The van der Waals surface area contributed by atoms with Crippen LogP contribution in [-0.2, 0) is 9.47 Å². The molecule has 1 N–H and O–H groups in total. The lowest BCUT2D eigenvalue weighted by atomic mass is 9.82. The molecule has 1 saturated heterocycles. The maximum Gasteiger partial charge on any atom is 0.0616 e. The molecule has 0 aromatic carbocycles. The first-order chi connectivity index (χ1) is 8.24. The number of ether oxygens (including phenoxy) is 2. The fourth-order valence-corrected chi connectivity index (χ4v) is 2.99. The molecule has 17 heavy (non-hydrogen) atoms. The molecule has 3 nitrogen and oxygen atoms in total. The first-order valence-electron chi connectivity index (χ1n) is 7.08. The minimum atomic E-state index is 0.448. The quantitative estimate of drug-likeness (QED) is 0.710. The second-order valence-electron chi connectivity index (χ2n) is 5.11. The molecule has 0 bridgehead atoms. The van der Waals surface area contributed by atoms with Crippen LogP contribution in [0.3, 0.4) is 0 Å². The number of nitrogens with one attached hydrogen (secondary N) is 1. The smallest absolute Gasteiger partial charge is 0.0616 e. The number of rotatable bonds is 8. The van der Waals surface area contributed by atoms with E-state index >= 15 is 0 Å². The molecule has 1 heterocycles. The number of hydrogen-bond donors (Lipinski definition) is 1. The summed E-state index contributed by atoms with van der Waals surface area (Å²) in [6.45, 7) is 9.57. The van der Waals surface area contributed by atoms with Crippen LogP contribution in [0.1, 0.15) is 40.0 Å². The van der Waals surface area contributed by atoms with E-state index in [2.05, 4.69) is 26.1 Å². The molecule has 1 rings (SSSR count). The van der Waals surface area contributed by atoms with E-state index < -0.39 is 0 Å². The Labute approximate surface area is 106 Å². The van der Waals surface area contributed by atoms with Crippen LogP contribution >= 0.6 is 0 Å². The van der Waals surface area contributed by atoms with Crippen molar-refractivity contribution in [3.8, 4) is 0 Å². The highest BCUT2D eigenvalue weighted by Crippen LogP contribution is 2.30.